The zero-order valence-corrected chi connectivity index (χ0v) is 20.1. The minimum atomic E-state index is -0.838. The Labute approximate surface area is 198 Å². The molecule has 0 radical (unpaired) electrons. The number of nitrogens with one attached hydrogen (secondary N) is 1. The number of carbonyl (C=O) groups is 1. The predicted octanol–water partition coefficient (Wildman–Crippen LogP) is 3.47. The van der Waals surface area contributed by atoms with Crippen molar-refractivity contribution in [3.63, 3.8) is 0 Å². The number of nitrogens with zero attached hydrogens (tertiary/aromatic N) is 2. The second kappa shape index (κ2) is 11.9. The Kier molecular flexibility index (Phi) is 9.82. The van der Waals surface area contributed by atoms with Gasteiger partial charge in [0, 0.05) is 36.6 Å². The normalized spacial score (nSPS) is 19.8. The lowest BCUT2D eigenvalue weighted by Gasteiger charge is -2.42. The Morgan fingerprint density at radius 2 is 2.06 bits per heavy atom. The van der Waals surface area contributed by atoms with Gasteiger partial charge in [0.15, 0.2) is 0 Å². The molecule has 0 bridgehead atoms. The maximum atomic E-state index is 12.4. The van der Waals surface area contributed by atoms with Crippen LogP contribution >= 0.6 is 23.2 Å². The van der Waals surface area contributed by atoms with Crippen LogP contribution in [0.2, 0.25) is 10.0 Å². The highest BCUT2D eigenvalue weighted by atomic mass is 35.5. The van der Waals surface area contributed by atoms with Crippen molar-refractivity contribution in [2.24, 2.45) is 0 Å². The smallest absolute Gasteiger partial charge is 0.294 e. The molecule has 1 aliphatic carbocycles. The van der Waals surface area contributed by atoms with E-state index in [9.17, 15) is 20.0 Å². The highest BCUT2D eigenvalue weighted by Gasteiger charge is 2.36. The van der Waals surface area contributed by atoms with Gasteiger partial charge in [0.2, 0.25) is 5.91 Å². The average molecular weight is 492 g/mol. The Morgan fingerprint density at radius 1 is 1.38 bits per heavy atom. The number of benzene rings is 1. The fraction of sp³-hybridized carbons (Fsp3) is 0.667. The Morgan fingerprint density at radius 3 is 2.72 bits per heavy atom. The van der Waals surface area contributed by atoms with E-state index in [0.29, 0.717) is 35.2 Å². The lowest BCUT2D eigenvalue weighted by atomic mass is 9.90. The lowest BCUT2D eigenvalue weighted by Crippen LogP contribution is -2.58. The van der Waals surface area contributed by atoms with E-state index in [1.807, 2.05) is 13.8 Å². The zero-order valence-electron chi connectivity index (χ0n) is 18.6. The van der Waals surface area contributed by atoms with Crippen molar-refractivity contribution >= 4 is 29.1 Å². The number of β-amino-alcohol motifs (C(OH)–C–C–N with tert-alkyl or cyclic N) is 1. The van der Waals surface area contributed by atoms with Crippen LogP contribution in [0, 0.1) is 10.1 Å². The van der Waals surface area contributed by atoms with E-state index in [1.54, 1.807) is 23.1 Å². The van der Waals surface area contributed by atoms with Crippen LogP contribution in [-0.2, 0) is 9.63 Å². The van der Waals surface area contributed by atoms with Crippen LogP contribution in [0.25, 0.3) is 0 Å². The molecular weight excluding hydrogens is 461 g/mol. The van der Waals surface area contributed by atoms with Gasteiger partial charge in [0.1, 0.15) is 24.6 Å². The summed E-state index contributed by atoms with van der Waals surface area (Å²) in [5.74, 6) is 0.206. The molecule has 11 heteroatoms. The second-order valence-corrected chi connectivity index (χ2v) is 9.51. The third-order valence-corrected chi connectivity index (χ3v) is 5.95. The molecule has 1 saturated carbocycles. The van der Waals surface area contributed by atoms with Crippen molar-refractivity contribution in [1.82, 2.24) is 10.2 Å². The van der Waals surface area contributed by atoms with Crippen molar-refractivity contribution in [3.8, 4) is 5.75 Å². The van der Waals surface area contributed by atoms with Gasteiger partial charge in [-0.2, -0.15) is 0 Å². The Balaban J connectivity index is 1.93. The quantitative estimate of drug-likeness (QED) is 0.359. The number of amides is 1. The van der Waals surface area contributed by atoms with Crippen molar-refractivity contribution in [1.29, 1.82) is 0 Å². The van der Waals surface area contributed by atoms with Gasteiger partial charge in [-0.05, 0) is 38.8 Å². The van der Waals surface area contributed by atoms with E-state index in [1.165, 1.54) is 6.92 Å². The van der Waals surface area contributed by atoms with Crippen LogP contribution in [0.1, 0.15) is 46.5 Å². The second-order valence-electron chi connectivity index (χ2n) is 8.67. The molecule has 1 aromatic carbocycles. The third kappa shape index (κ3) is 8.27. The molecule has 2 N–H and O–H groups in total. The highest BCUT2D eigenvalue weighted by molar-refractivity contribution is 6.34. The molecular formula is C21H31Cl2N3O6. The fourth-order valence-corrected chi connectivity index (χ4v) is 4.17. The molecule has 1 unspecified atom stereocenters. The first-order valence-corrected chi connectivity index (χ1v) is 11.3. The molecule has 0 heterocycles. The van der Waals surface area contributed by atoms with Gasteiger partial charge in [0.25, 0.3) is 5.09 Å². The van der Waals surface area contributed by atoms with Crippen LogP contribution in [-0.4, -0.2) is 64.5 Å². The number of aliphatic hydroxyl groups is 1. The molecule has 1 fully saturated rings. The summed E-state index contributed by atoms with van der Waals surface area (Å²) in [5.41, 5.74) is -0.572. The van der Waals surface area contributed by atoms with Gasteiger partial charge in [-0.15, -0.1) is 10.1 Å². The van der Waals surface area contributed by atoms with Gasteiger partial charge < -0.3 is 24.9 Å². The van der Waals surface area contributed by atoms with Crippen molar-refractivity contribution in [3.05, 3.63) is 38.4 Å². The van der Waals surface area contributed by atoms with Gasteiger partial charge in [-0.1, -0.05) is 36.0 Å². The van der Waals surface area contributed by atoms with Crippen LogP contribution in [0.15, 0.2) is 18.2 Å². The Hall–Kier alpha value is -1.81. The average Bonchev–Trinajstić information content (AvgIpc) is 2.71. The van der Waals surface area contributed by atoms with Gasteiger partial charge >= 0.3 is 0 Å². The number of hydrogen-bond donors (Lipinski definition) is 2. The van der Waals surface area contributed by atoms with Crippen molar-refractivity contribution in [2.75, 3.05) is 19.7 Å². The topological polar surface area (TPSA) is 114 Å². The number of halogens is 2. The molecule has 1 aliphatic rings. The summed E-state index contributed by atoms with van der Waals surface area (Å²) in [7, 11) is 0. The summed E-state index contributed by atoms with van der Waals surface area (Å²) in [6.45, 7) is 5.76. The van der Waals surface area contributed by atoms with Gasteiger partial charge in [-0.3, -0.25) is 4.79 Å². The number of carbonyl (C=O) groups excluding carboxylic acids is 1. The predicted molar refractivity (Wildman–Crippen MR) is 122 cm³/mol. The summed E-state index contributed by atoms with van der Waals surface area (Å²) in [4.78, 5) is 29.8. The molecule has 0 spiro atoms. The van der Waals surface area contributed by atoms with Gasteiger partial charge in [-0.25, -0.2) is 0 Å². The molecule has 0 saturated heterocycles. The first-order chi connectivity index (χ1) is 15.0. The summed E-state index contributed by atoms with van der Waals surface area (Å²) >= 11 is 12.0. The van der Waals surface area contributed by atoms with Gasteiger partial charge in [0.05, 0.1) is 11.1 Å². The number of ether oxygens (including phenoxy) is 1. The van der Waals surface area contributed by atoms with Crippen molar-refractivity contribution < 1.29 is 24.6 Å². The molecule has 180 valence electrons. The first-order valence-electron chi connectivity index (χ1n) is 10.6. The largest absolute Gasteiger partial charge is 0.489 e. The molecule has 0 aliphatic heterocycles. The van der Waals surface area contributed by atoms with E-state index in [4.69, 9.17) is 32.8 Å². The van der Waals surface area contributed by atoms with E-state index in [2.05, 4.69) is 5.32 Å². The molecule has 0 aromatic heterocycles. The molecule has 32 heavy (non-hydrogen) atoms. The van der Waals surface area contributed by atoms with Crippen LogP contribution in [0.5, 0.6) is 5.75 Å². The van der Waals surface area contributed by atoms with E-state index < -0.39 is 22.8 Å². The lowest BCUT2D eigenvalue weighted by molar-refractivity contribution is -0.770. The summed E-state index contributed by atoms with van der Waals surface area (Å²) in [6, 6.07) is 4.47. The van der Waals surface area contributed by atoms with Crippen LogP contribution in [0.4, 0.5) is 0 Å². The molecule has 1 amide bonds. The fourth-order valence-electron chi connectivity index (χ4n) is 3.84. The molecule has 2 rings (SSSR count). The Bertz CT molecular complexity index is 795. The van der Waals surface area contributed by atoms with Crippen LogP contribution < -0.4 is 10.1 Å². The van der Waals surface area contributed by atoms with E-state index in [-0.39, 0.29) is 25.1 Å². The van der Waals surface area contributed by atoms with Crippen LogP contribution in [0.3, 0.4) is 0 Å². The highest BCUT2D eigenvalue weighted by Crippen LogP contribution is 2.28. The maximum Gasteiger partial charge on any atom is 0.294 e. The van der Waals surface area contributed by atoms with Crippen molar-refractivity contribution in [2.45, 2.75) is 70.2 Å². The summed E-state index contributed by atoms with van der Waals surface area (Å²) in [5, 5.41) is 24.5. The number of rotatable bonds is 11. The first kappa shape index (κ1) is 26.4. The standard InChI is InChI=1S/C21H31Cl2N3O6/c1-14(27)25(18-6-4-5-7-19(18)32-26(29)30)13-21(2,3)24-11-16(28)12-31-20-10-15(22)8-9-17(20)23/h8-10,16,18-19,24,28H,4-7,11-13H2,1-3H3/t16?,18-,19-/m1/s1. The molecule has 3 atom stereocenters. The monoisotopic (exact) mass is 491 g/mol. The zero-order chi connectivity index (χ0) is 23.9. The summed E-state index contributed by atoms with van der Waals surface area (Å²) in [6.07, 6.45) is 1.40. The summed E-state index contributed by atoms with van der Waals surface area (Å²) < 4.78 is 5.56. The number of hydrogen-bond acceptors (Lipinski definition) is 7. The molecule has 9 nitrogen and oxygen atoms in total. The minimum Gasteiger partial charge on any atom is -0.489 e. The molecule has 1 aromatic rings. The third-order valence-electron chi connectivity index (χ3n) is 5.40. The SMILES string of the molecule is CC(=O)N(CC(C)(C)NCC(O)COc1cc(Cl)ccc1Cl)[C@@H]1CCCC[C@H]1O[N+](=O)[O-]. The van der Waals surface area contributed by atoms with E-state index in [0.717, 1.165) is 12.8 Å². The maximum absolute atomic E-state index is 12.4. The minimum absolute atomic E-state index is 0.000931. The van der Waals surface area contributed by atoms with E-state index >= 15 is 0 Å². The number of aliphatic hydroxyl groups excluding tert-OH is 1.